The van der Waals surface area contributed by atoms with E-state index in [4.69, 9.17) is 0 Å². The molecular formula is C23H36N2O2. The van der Waals surface area contributed by atoms with Crippen molar-refractivity contribution in [1.82, 2.24) is 10.6 Å². The van der Waals surface area contributed by atoms with Crippen molar-refractivity contribution in [3.8, 4) is 0 Å². The predicted molar refractivity (Wildman–Crippen MR) is 107 cm³/mol. The number of amides is 2. The summed E-state index contributed by atoms with van der Waals surface area (Å²) in [7, 11) is 0. The molecule has 4 rings (SSSR count). The van der Waals surface area contributed by atoms with E-state index >= 15 is 0 Å². The van der Waals surface area contributed by atoms with Gasteiger partial charge >= 0.3 is 0 Å². The summed E-state index contributed by atoms with van der Waals surface area (Å²) in [5, 5.41) is 6.48. The van der Waals surface area contributed by atoms with Crippen LogP contribution in [0.1, 0.15) is 73.1 Å². The summed E-state index contributed by atoms with van der Waals surface area (Å²) in [6.07, 6.45) is 10.7. The first-order valence-electron chi connectivity index (χ1n) is 10.9. The van der Waals surface area contributed by atoms with Crippen LogP contribution >= 0.6 is 0 Å². The van der Waals surface area contributed by atoms with E-state index in [1.807, 2.05) is 0 Å². The van der Waals surface area contributed by atoms with Gasteiger partial charge in [-0.3, -0.25) is 9.59 Å². The van der Waals surface area contributed by atoms with Crippen LogP contribution in [0.4, 0.5) is 0 Å². The Labute approximate surface area is 163 Å². The first-order valence-corrected chi connectivity index (χ1v) is 10.9. The molecule has 3 aliphatic carbocycles. The molecule has 150 valence electrons. The van der Waals surface area contributed by atoms with Crippen LogP contribution in [-0.4, -0.2) is 23.4 Å². The van der Waals surface area contributed by atoms with Crippen LogP contribution in [0.5, 0.6) is 0 Å². The number of hydrogen-bond donors (Lipinski definition) is 2. The fourth-order valence-corrected chi connectivity index (χ4v) is 7.22. The molecule has 1 heterocycles. The van der Waals surface area contributed by atoms with Gasteiger partial charge in [-0.1, -0.05) is 19.9 Å². The Morgan fingerprint density at radius 1 is 1.11 bits per heavy atom. The molecule has 0 bridgehead atoms. The summed E-state index contributed by atoms with van der Waals surface area (Å²) in [5.41, 5.74) is 0.0323. The van der Waals surface area contributed by atoms with Crippen LogP contribution in [-0.2, 0) is 9.59 Å². The molecule has 0 radical (unpaired) electrons. The predicted octanol–water partition coefficient (Wildman–Crippen LogP) is 3.81. The van der Waals surface area contributed by atoms with E-state index in [0.717, 1.165) is 19.3 Å². The monoisotopic (exact) mass is 372 g/mol. The van der Waals surface area contributed by atoms with E-state index in [1.165, 1.54) is 19.3 Å². The standard InChI is InChI=1S/C23H36N2O2/c1-21(2,3)25-20(27)17-8-7-15-14-6-9-18-23(5,13-11-19(26)24-18)16(14)10-12-22(15,17)4/h11,13-18H,6-10,12H2,1-5H3,(H,24,26)(H,25,27)/t14-,15+,16+,17-,18-,22+,23+/m0/s1. The average Bonchev–Trinajstić information content (AvgIpc) is 2.91. The molecule has 0 spiro atoms. The van der Waals surface area contributed by atoms with Gasteiger partial charge in [-0.2, -0.15) is 0 Å². The second-order valence-electron chi connectivity index (χ2n) is 11.1. The van der Waals surface area contributed by atoms with Gasteiger partial charge in [0, 0.05) is 22.9 Å². The van der Waals surface area contributed by atoms with Crippen LogP contribution in [0, 0.1) is 34.5 Å². The highest BCUT2D eigenvalue weighted by Gasteiger charge is 2.60. The third-order valence-electron chi connectivity index (χ3n) is 8.50. The molecule has 0 aromatic carbocycles. The van der Waals surface area contributed by atoms with Crippen molar-refractivity contribution in [2.45, 2.75) is 84.7 Å². The highest BCUT2D eigenvalue weighted by Crippen LogP contribution is 2.65. The molecule has 27 heavy (non-hydrogen) atoms. The Balaban J connectivity index is 1.58. The van der Waals surface area contributed by atoms with Crippen LogP contribution in [0.2, 0.25) is 0 Å². The second-order valence-corrected chi connectivity index (χ2v) is 11.1. The normalized spacial score (nSPS) is 46.1. The maximum atomic E-state index is 13.0. The van der Waals surface area contributed by atoms with E-state index in [1.54, 1.807) is 6.08 Å². The lowest BCUT2D eigenvalue weighted by Crippen LogP contribution is -2.59. The van der Waals surface area contributed by atoms with Gasteiger partial charge in [0.05, 0.1) is 0 Å². The van der Waals surface area contributed by atoms with Gasteiger partial charge in [-0.15, -0.1) is 0 Å². The maximum Gasteiger partial charge on any atom is 0.243 e. The van der Waals surface area contributed by atoms with Crippen molar-refractivity contribution in [3.05, 3.63) is 12.2 Å². The van der Waals surface area contributed by atoms with E-state index in [9.17, 15) is 9.59 Å². The van der Waals surface area contributed by atoms with Gasteiger partial charge in [0.2, 0.25) is 11.8 Å². The summed E-state index contributed by atoms with van der Waals surface area (Å²) in [4.78, 5) is 24.9. The first kappa shape index (κ1) is 19.0. The molecule has 0 unspecified atom stereocenters. The fraction of sp³-hybridized carbons (Fsp3) is 0.826. The van der Waals surface area contributed by atoms with E-state index in [2.05, 4.69) is 51.3 Å². The number of hydrogen-bond acceptors (Lipinski definition) is 2. The van der Waals surface area contributed by atoms with Crippen molar-refractivity contribution in [3.63, 3.8) is 0 Å². The van der Waals surface area contributed by atoms with Crippen molar-refractivity contribution >= 4 is 11.8 Å². The van der Waals surface area contributed by atoms with Gasteiger partial charge in [0.15, 0.2) is 0 Å². The lowest BCUT2D eigenvalue weighted by Gasteiger charge is -2.58. The van der Waals surface area contributed by atoms with E-state index in [0.29, 0.717) is 17.8 Å². The Hall–Kier alpha value is -1.32. The lowest BCUT2D eigenvalue weighted by atomic mass is 9.48. The second kappa shape index (κ2) is 6.09. The lowest BCUT2D eigenvalue weighted by molar-refractivity contribution is -0.135. The molecule has 3 fully saturated rings. The summed E-state index contributed by atoms with van der Waals surface area (Å²) >= 11 is 0. The van der Waals surface area contributed by atoms with E-state index < -0.39 is 0 Å². The minimum atomic E-state index is -0.167. The first-order chi connectivity index (χ1) is 12.5. The molecule has 4 heteroatoms. The average molecular weight is 373 g/mol. The van der Waals surface area contributed by atoms with Crippen molar-refractivity contribution in [1.29, 1.82) is 0 Å². The number of rotatable bonds is 1. The SMILES string of the molecule is CC(C)(C)NC(=O)[C@@H]1CC[C@@H]2[C@@H]3CC[C@@H]4NC(=O)C=C[C@]4(C)[C@@H]3CC[C@]21C. The van der Waals surface area contributed by atoms with Crippen LogP contribution in [0.25, 0.3) is 0 Å². The molecule has 2 N–H and O–H groups in total. The molecule has 3 saturated carbocycles. The molecule has 1 aliphatic heterocycles. The van der Waals surface area contributed by atoms with Crippen molar-refractivity contribution in [2.75, 3.05) is 0 Å². The smallest absolute Gasteiger partial charge is 0.243 e. The molecule has 0 aromatic rings. The van der Waals surface area contributed by atoms with Gasteiger partial charge in [0.25, 0.3) is 0 Å². The minimum absolute atomic E-state index is 0.0661. The number of carbonyl (C=O) groups is 2. The molecule has 7 atom stereocenters. The van der Waals surface area contributed by atoms with Gasteiger partial charge in [-0.25, -0.2) is 0 Å². The Bertz CT molecular complexity index is 678. The molecule has 0 aromatic heterocycles. The quantitative estimate of drug-likeness (QED) is 0.735. The zero-order chi connectivity index (χ0) is 19.6. The summed E-state index contributed by atoms with van der Waals surface area (Å²) in [6, 6.07) is 0.280. The number of carbonyl (C=O) groups excluding carboxylic acids is 2. The van der Waals surface area contributed by atoms with Gasteiger partial charge < -0.3 is 10.6 Å². The Kier molecular flexibility index (Phi) is 4.29. The molecular weight excluding hydrogens is 336 g/mol. The van der Waals surface area contributed by atoms with Gasteiger partial charge in [-0.05, 0) is 88.5 Å². The molecule has 2 amide bonds. The summed E-state index contributed by atoms with van der Waals surface area (Å²) in [5.74, 6) is 2.41. The third kappa shape index (κ3) is 2.94. The van der Waals surface area contributed by atoms with E-state index in [-0.39, 0.29) is 40.1 Å². The highest BCUT2D eigenvalue weighted by molar-refractivity contribution is 5.89. The minimum Gasteiger partial charge on any atom is -0.351 e. The van der Waals surface area contributed by atoms with Gasteiger partial charge in [0.1, 0.15) is 0 Å². The largest absolute Gasteiger partial charge is 0.351 e. The third-order valence-corrected chi connectivity index (χ3v) is 8.50. The van der Waals surface area contributed by atoms with Crippen LogP contribution < -0.4 is 10.6 Å². The Morgan fingerprint density at radius 3 is 2.56 bits per heavy atom. The summed E-state index contributed by atoms with van der Waals surface area (Å²) < 4.78 is 0. The van der Waals surface area contributed by atoms with Crippen LogP contribution in [0.15, 0.2) is 12.2 Å². The highest BCUT2D eigenvalue weighted by atomic mass is 16.2. The number of fused-ring (bicyclic) bond motifs is 5. The molecule has 4 aliphatic rings. The fourth-order valence-electron chi connectivity index (χ4n) is 7.22. The van der Waals surface area contributed by atoms with Crippen LogP contribution in [0.3, 0.4) is 0 Å². The maximum absolute atomic E-state index is 13.0. The van der Waals surface area contributed by atoms with Crippen molar-refractivity contribution < 1.29 is 9.59 Å². The Morgan fingerprint density at radius 2 is 1.85 bits per heavy atom. The van der Waals surface area contributed by atoms with Crippen molar-refractivity contribution in [2.24, 2.45) is 34.5 Å². The number of nitrogens with one attached hydrogen (secondary N) is 2. The zero-order valence-corrected chi connectivity index (χ0v) is 17.6. The molecule has 4 nitrogen and oxygen atoms in total. The topological polar surface area (TPSA) is 58.2 Å². The molecule has 0 saturated heterocycles. The summed E-state index contributed by atoms with van der Waals surface area (Å²) in [6.45, 7) is 11.0. The zero-order valence-electron chi connectivity index (χ0n) is 17.6.